The number of carbonyl (C=O) groups excluding carboxylic acids is 1. The third-order valence-corrected chi connectivity index (χ3v) is 6.65. The number of hydrogen-bond acceptors (Lipinski definition) is 6. The van der Waals surface area contributed by atoms with Gasteiger partial charge in [-0.25, -0.2) is 13.8 Å². The van der Waals surface area contributed by atoms with Crippen molar-refractivity contribution in [2.45, 2.75) is 31.9 Å². The number of nitrogens with zero attached hydrogens (tertiary/aromatic N) is 3. The fourth-order valence-electron chi connectivity index (χ4n) is 4.76. The van der Waals surface area contributed by atoms with Crippen LogP contribution in [-0.2, 0) is 13.1 Å². The van der Waals surface area contributed by atoms with Gasteiger partial charge in [0.05, 0.1) is 0 Å². The number of pyridine rings is 1. The van der Waals surface area contributed by atoms with Gasteiger partial charge in [-0.1, -0.05) is 12.1 Å². The Kier molecular flexibility index (Phi) is 4.87. The molecular weight excluding hydrogens is 452 g/mol. The van der Waals surface area contributed by atoms with Crippen molar-refractivity contribution in [1.82, 2.24) is 15.0 Å². The molecule has 0 atom stereocenters. The van der Waals surface area contributed by atoms with Crippen LogP contribution in [0.2, 0.25) is 0 Å². The van der Waals surface area contributed by atoms with Crippen LogP contribution in [0.3, 0.4) is 0 Å². The number of Topliss-reactive ketones (excluding diaryl/α,β-unsaturated/α-hetero) is 1. The molecule has 6 rings (SSSR count). The maximum absolute atomic E-state index is 13.2. The molecule has 1 fully saturated rings. The Balaban J connectivity index is 1.18. The van der Waals surface area contributed by atoms with Crippen LogP contribution >= 0.6 is 0 Å². The standard InChI is InChI=1S/C26H21F2N5O2/c27-26(28)11-19(12-26)23(34)16-1-2-17-13-33(14-18(17)9-16)25-30-8-6-22(32-25)31-20-3-4-21-15(10-20)5-7-29-24(21)35/h1-10,19H,11-14H2,(H,29,35)(H,30,31,32). The van der Waals surface area contributed by atoms with Gasteiger partial charge in [-0.05, 0) is 52.9 Å². The fourth-order valence-corrected chi connectivity index (χ4v) is 4.76. The number of rotatable bonds is 5. The molecule has 4 aromatic rings. The van der Waals surface area contributed by atoms with Crippen molar-refractivity contribution in [3.8, 4) is 0 Å². The minimum Gasteiger partial charge on any atom is -0.340 e. The Morgan fingerprint density at radius 3 is 2.71 bits per heavy atom. The van der Waals surface area contributed by atoms with E-state index in [1.165, 1.54) is 0 Å². The van der Waals surface area contributed by atoms with E-state index in [1.807, 2.05) is 35.2 Å². The molecule has 0 bridgehead atoms. The highest BCUT2D eigenvalue weighted by Crippen LogP contribution is 2.44. The Hall–Kier alpha value is -4.14. The van der Waals surface area contributed by atoms with Gasteiger partial charge in [-0.3, -0.25) is 9.59 Å². The van der Waals surface area contributed by atoms with Crippen molar-refractivity contribution in [2.75, 3.05) is 10.2 Å². The molecule has 1 aliphatic heterocycles. The monoisotopic (exact) mass is 473 g/mol. The second kappa shape index (κ2) is 7.97. The van der Waals surface area contributed by atoms with E-state index in [-0.39, 0.29) is 24.2 Å². The van der Waals surface area contributed by atoms with Crippen LogP contribution in [0, 0.1) is 5.92 Å². The van der Waals surface area contributed by atoms with E-state index in [0.717, 1.165) is 22.2 Å². The molecule has 35 heavy (non-hydrogen) atoms. The van der Waals surface area contributed by atoms with E-state index in [0.29, 0.717) is 35.8 Å². The Morgan fingerprint density at radius 2 is 1.89 bits per heavy atom. The van der Waals surface area contributed by atoms with Crippen molar-refractivity contribution in [1.29, 1.82) is 0 Å². The maximum atomic E-state index is 13.2. The molecule has 3 heterocycles. The number of alkyl halides is 2. The molecule has 2 aromatic carbocycles. The molecular formula is C26H21F2N5O2. The Morgan fingerprint density at radius 1 is 1.06 bits per heavy atom. The molecule has 0 saturated heterocycles. The van der Waals surface area contributed by atoms with Crippen molar-refractivity contribution < 1.29 is 13.6 Å². The third kappa shape index (κ3) is 4.03. The van der Waals surface area contributed by atoms with Gasteiger partial charge in [0.1, 0.15) is 5.82 Å². The molecule has 2 aromatic heterocycles. The first-order valence-electron chi connectivity index (χ1n) is 11.3. The van der Waals surface area contributed by atoms with E-state index in [2.05, 4.69) is 20.3 Å². The fraction of sp³-hybridized carbons (Fsp3) is 0.231. The second-order valence-electron chi connectivity index (χ2n) is 9.14. The first-order valence-corrected chi connectivity index (χ1v) is 11.3. The smallest absolute Gasteiger partial charge is 0.255 e. The first kappa shape index (κ1) is 21.4. The quantitative estimate of drug-likeness (QED) is 0.404. The molecule has 1 aliphatic carbocycles. The van der Waals surface area contributed by atoms with Crippen molar-refractivity contribution >= 4 is 34.0 Å². The Labute approximate surface area is 198 Å². The molecule has 176 valence electrons. The van der Waals surface area contributed by atoms with Gasteiger partial charge in [0.2, 0.25) is 11.9 Å². The Bertz CT molecular complexity index is 1530. The number of H-pyrrole nitrogens is 1. The molecule has 2 N–H and O–H groups in total. The van der Waals surface area contributed by atoms with Gasteiger partial charge in [0.15, 0.2) is 5.78 Å². The average molecular weight is 473 g/mol. The lowest BCUT2D eigenvalue weighted by Crippen LogP contribution is -2.39. The second-order valence-corrected chi connectivity index (χ2v) is 9.14. The van der Waals surface area contributed by atoms with Crippen LogP contribution in [0.4, 0.5) is 26.2 Å². The molecule has 0 amide bonds. The van der Waals surface area contributed by atoms with Gasteiger partial charge >= 0.3 is 0 Å². The molecule has 7 nitrogen and oxygen atoms in total. The zero-order valence-electron chi connectivity index (χ0n) is 18.6. The van der Waals surface area contributed by atoms with Crippen LogP contribution in [0.5, 0.6) is 0 Å². The summed E-state index contributed by atoms with van der Waals surface area (Å²) in [4.78, 5) is 38.2. The minimum atomic E-state index is -2.71. The number of fused-ring (bicyclic) bond motifs is 2. The molecule has 2 aliphatic rings. The molecule has 1 saturated carbocycles. The van der Waals surface area contributed by atoms with Crippen molar-refractivity contribution in [3.05, 3.63) is 88.0 Å². The molecule has 0 unspecified atom stereocenters. The summed E-state index contributed by atoms with van der Waals surface area (Å²) in [6.07, 6.45) is 2.56. The van der Waals surface area contributed by atoms with E-state index < -0.39 is 11.8 Å². The lowest BCUT2D eigenvalue weighted by atomic mass is 9.76. The van der Waals surface area contributed by atoms with Gasteiger partial charge in [0.25, 0.3) is 5.56 Å². The summed E-state index contributed by atoms with van der Waals surface area (Å²) in [6.45, 7) is 1.12. The highest BCUT2D eigenvalue weighted by atomic mass is 19.3. The van der Waals surface area contributed by atoms with Gasteiger partial charge in [-0.15, -0.1) is 0 Å². The van der Waals surface area contributed by atoms with Crippen molar-refractivity contribution in [3.63, 3.8) is 0 Å². The number of benzene rings is 2. The number of ketones is 1. The highest BCUT2D eigenvalue weighted by Gasteiger charge is 2.48. The summed E-state index contributed by atoms with van der Waals surface area (Å²) >= 11 is 0. The number of halogens is 2. The molecule has 0 spiro atoms. The van der Waals surface area contributed by atoms with Gasteiger partial charge in [-0.2, -0.15) is 4.98 Å². The summed E-state index contributed by atoms with van der Waals surface area (Å²) in [5.74, 6) is -2.38. The number of hydrogen-bond donors (Lipinski definition) is 2. The van der Waals surface area contributed by atoms with Crippen LogP contribution in [0.15, 0.2) is 65.7 Å². The van der Waals surface area contributed by atoms with E-state index in [9.17, 15) is 18.4 Å². The van der Waals surface area contributed by atoms with E-state index >= 15 is 0 Å². The van der Waals surface area contributed by atoms with Crippen LogP contribution in [0.25, 0.3) is 10.8 Å². The number of nitrogens with one attached hydrogen (secondary N) is 2. The average Bonchev–Trinajstić information content (AvgIpc) is 3.26. The van der Waals surface area contributed by atoms with Crippen molar-refractivity contribution in [2.24, 2.45) is 5.92 Å². The lowest BCUT2D eigenvalue weighted by Gasteiger charge is -2.33. The number of carbonyl (C=O) groups is 1. The third-order valence-electron chi connectivity index (χ3n) is 6.65. The van der Waals surface area contributed by atoms with Gasteiger partial charge in [0, 0.05) is 60.9 Å². The summed E-state index contributed by atoms with van der Waals surface area (Å²) in [7, 11) is 0. The molecule has 9 heteroatoms. The summed E-state index contributed by atoms with van der Waals surface area (Å²) in [5.41, 5.74) is 3.17. The SMILES string of the molecule is O=C(c1ccc2c(c1)CN(c1nccc(Nc3ccc4c(=O)[nH]ccc4c3)n1)C2)C1CC(F)(F)C1. The zero-order chi connectivity index (χ0) is 24.2. The number of aromatic amines is 1. The first-order chi connectivity index (χ1) is 16.8. The van der Waals surface area contributed by atoms with Gasteiger partial charge < -0.3 is 15.2 Å². The van der Waals surface area contributed by atoms with Crippen LogP contribution < -0.4 is 15.8 Å². The zero-order valence-corrected chi connectivity index (χ0v) is 18.6. The maximum Gasteiger partial charge on any atom is 0.255 e. The lowest BCUT2D eigenvalue weighted by molar-refractivity contribution is -0.0982. The largest absolute Gasteiger partial charge is 0.340 e. The van der Waals surface area contributed by atoms with E-state index in [1.54, 1.807) is 30.6 Å². The normalized spacial score (nSPS) is 16.7. The number of anilines is 3. The number of aromatic nitrogens is 3. The minimum absolute atomic E-state index is 0.137. The summed E-state index contributed by atoms with van der Waals surface area (Å²) < 4.78 is 26.4. The predicted molar refractivity (Wildman–Crippen MR) is 128 cm³/mol. The van der Waals surface area contributed by atoms with E-state index in [4.69, 9.17) is 0 Å². The highest BCUT2D eigenvalue weighted by molar-refractivity contribution is 5.98. The van der Waals surface area contributed by atoms with Crippen LogP contribution in [0.1, 0.15) is 34.3 Å². The summed E-state index contributed by atoms with van der Waals surface area (Å²) in [5, 5.41) is 4.69. The summed E-state index contributed by atoms with van der Waals surface area (Å²) in [6, 6.07) is 14.5. The predicted octanol–water partition coefficient (Wildman–Crippen LogP) is 4.81. The molecule has 0 radical (unpaired) electrons. The topological polar surface area (TPSA) is 91.0 Å². The van der Waals surface area contributed by atoms with Crippen LogP contribution in [-0.4, -0.2) is 26.7 Å².